The number of hydrogen-bond acceptors (Lipinski definition) is 8. The first-order valence-corrected chi connectivity index (χ1v) is 14.6. The number of nitrogens with zero attached hydrogens (tertiary/aromatic N) is 6. The summed E-state index contributed by atoms with van der Waals surface area (Å²) in [5.41, 5.74) is 4.35. The Kier molecular flexibility index (Phi) is 8.63. The molecule has 0 radical (unpaired) electrons. The van der Waals surface area contributed by atoms with Gasteiger partial charge in [0.2, 0.25) is 5.95 Å². The van der Waals surface area contributed by atoms with E-state index in [0.29, 0.717) is 49.9 Å². The molecule has 2 aromatic heterocycles. The average molecular weight is 572 g/mol. The van der Waals surface area contributed by atoms with E-state index >= 15 is 0 Å². The van der Waals surface area contributed by atoms with Crippen molar-refractivity contribution < 1.29 is 14.6 Å². The smallest absolute Gasteiger partial charge is 0.410 e. The van der Waals surface area contributed by atoms with Gasteiger partial charge in [0.05, 0.1) is 12.4 Å². The maximum Gasteiger partial charge on any atom is 0.410 e. The second-order valence-corrected chi connectivity index (χ2v) is 12.0. The minimum absolute atomic E-state index is 0.0143. The summed E-state index contributed by atoms with van der Waals surface area (Å²) >= 11 is 0. The molecule has 1 aliphatic heterocycles. The molecule has 3 heterocycles. The fourth-order valence-corrected chi connectivity index (χ4v) is 5.17. The van der Waals surface area contributed by atoms with Gasteiger partial charge in [0, 0.05) is 38.8 Å². The van der Waals surface area contributed by atoms with Gasteiger partial charge < -0.3 is 29.5 Å². The van der Waals surface area contributed by atoms with Crippen LogP contribution in [-0.2, 0) is 11.3 Å². The van der Waals surface area contributed by atoms with Crippen molar-refractivity contribution in [1.29, 1.82) is 0 Å². The molecule has 0 saturated carbocycles. The number of hydrogen-bond donors (Lipinski definition) is 2. The van der Waals surface area contributed by atoms with E-state index in [1.54, 1.807) is 11.2 Å². The van der Waals surface area contributed by atoms with Crippen LogP contribution in [0.1, 0.15) is 52.6 Å². The number of aliphatic hydroxyl groups is 1. The standard InChI is InChI=1S/C32H41N7O3/c1-22(2)39-21-34-27-28(33-19-23-11-13-25(14-12-23)24-9-7-6-8-10-24)35-30(36-29(27)39)38-17-16-37(20-26(38)15-18-40)31(41)42-32(3,4)5/h6-14,21-22,26,40H,15-20H2,1-5H3,(H,33,35,36)/t26-/m0/s1. The Labute approximate surface area is 247 Å². The molecule has 10 nitrogen and oxygen atoms in total. The second-order valence-electron chi connectivity index (χ2n) is 12.0. The Morgan fingerprint density at radius 3 is 2.43 bits per heavy atom. The zero-order chi connectivity index (χ0) is 29.9. The molecule has 0 unspecified atom stereocenters. The third kappa shape index (κ3) is 6.65. The fraction of sp³-hybridized carbons (Fsp3) is 0.438. The minimum Gasteiger partial charge on any atom is -0.444 e. The van der Waals surface area contributed by atoms with Gasteiger partial charge >= 0.3 is 6.09 Å². The van der Waals surface area contributed by atoms with Crippen LogP contribution >= 0.6 is 0 Å². The van der Waals surface area contributed by atoms with Crippen LogP contribution in [0.3, 0.4) is 0 Å². The van der Waals surface area contributed by atoms with Gasteiger partial charge in [0.25, 0.3) is 0 Å². The van der Waals surface area contributed by atoms with Gasteiger partial charge in [0.1, 0.15) is 5.60 Å². The Bertz CT molecular complexity index is 1500. The third-order valence-electron chi connectivity index (χ3n) is 7.34. The molecule has 1 saturated heterocycles. The molecule has 2 aromatic carbocycles. The minimum atomic E-state index is -0.577. The number of anilines is 2. The van der Waals surface area contributed by atoms with Gasteiger partial charge in [-0.1, -0.05) is 54.6 Å². The van der Waals surface area contributed by atoms with Crippen LogP contribution in [0, 0.1) is 0 Å². The number of aromatic nitrogens is 4. The number of fused-ring (bicyclic) bond motifs is 1. The Hall–Kier alpha value is -4.18. The maximum absolute atomic E-state index is 12.8. The Morgan fingerprint density at radius 1 is 1.05 bits per heavy atom. The number of benzene rings is 2. The van der Waals surface area contributed by atoms with Crippen molar-refractivity contribution in [3.8, 4) is 11.1 Å². The predicted molar refractivity (Wildman–Crippen MR) is 166 cm³/mol. The summed E-state index contributed by atoms with van der Waals surface area (Å²) in [7, 11) is 0. The normalized spacial score (nSPS) is 15.8. The molecule has 10 heteroatoms. The number of imidazole rings is 1. The molecule has 0 aliphatic carbocycles. The highest BCUT2D eigenvalue weighted by Gasteiger charge is 2.33. The van der Waals surface area contributed by atoms with E-state index in [2.05, 4.69) is 65.4 Å². The molecule has 2 N–H and O–H groups in total. The van der Waals surface area contributed by atoms with E-state index in [1.165, 1.54) is 11.1 Å². The number of amides is 1. The van der Waals surface area contributed by atoms with Gasteiger partial charge in [-0.15, -0.1) is 0 Å². The van der Waals surface area contributed by atoms with E-state index in [1.807, 2.05) is 43.5 Å². The summed E-state index contributed by atoms with van der Waals surface area (Å²) in [5.74, 6) is 1.20. The lowest BCUT2D eigenvalue weighted by molar-refractivity contribution is 0.0206. The maximum atomic E-state index is 12.8. The van der Waals surface area contributed by atoms with Crippen molar-refractivity contribution in [2.75, 3.05) is 36.5 Å². The van der Waals surface area contributed by atoms with E-state index in [-0.39, 0.29) is 24.8 Å². The number of ether oxygens (including phenoxy) is 1. The van der Waals surface area contributed by atoms with Crippen LogP contribution in [0.4, 0.5) is 16.6 Å². The molecule has 1 fully saturated rings. The van der Waals surface area contributed by atoms with Gasteiger partial charge in [-0.3, -0.25) is 0 Å². The number of carbonyl (C=O) groups is 1. The molecule has 0 spiro atoms. The topological polar surface area (TPSA) is 109 Å². The van der Waals surface area contributed by atoms with Gasteiger partial charge in [-0.05, 0) is 57.7 Å². The molecular weight excluding hydrogens is 530 g/mol. The molecule has 42 heavy (non-hydrogen) atoms. The van der Waals surface area contributed by atoms with Crippen molar-refractivity contribution in [1.82, 2.24) is 24.4 Å². The van der Waals surface area contributed by atoms with Crippen molar-refractivity contribution in [3.63, 3.8) is 0 Å². The summed E-state index contributed by atoms with van der Waals surface area (Å²) in [5, 5.41) is 13.4. The van der Waals surface area contributed by atoms with Crippen molar-refractivity contribution >= 4 is 29.0 Å². The summed E-state index contributed by atoms with van der Waals surface area (Å²) in [6, 6.07) is 18.8. The number of rotatable bonds is 8. The summed E-state index contributed by atoms with van der Waals surface area (Å²) in [6.07, 6.45) is 1.93. The molecule has 222 valence electrons. The average Bonchev–Trinajstić information content (AvgIpc) is 3.41. The second kappa shape index (κ2) is 12.4. The molecule has 1 aliphatic rings. The fourth-order valence-electron chi connectivity index (χ4n) is 5.17. The monoisotopic (exact) mass is 571 g/mol. The zero-order valence-electron chi connectivity index (χ0n) is 25.1. The van der Waals surface area contributed by atoms with Gasteiger partial charge in [-0.2, -0.15) is 9.97 Å². The van der Waals surface area contributed by atoms with Crippen LogP contribution < -0.4 is 10.2 Å². The predicted octanol–water partition coefficient (Wildman–Crippen LogP) is 5.49. The lowest BCUT2D eigenvalue weighted by atomic mass is 10.0. The molecule has 1 atom stereocenters. The first-order valence-electron chi connectivity index (χ1n) is 14.6. The zero-order valence-corrected chi connectivity index (χ0v) is 25.1. The summed E-state index contributed by atoms with van der Waals surface area (Å²) in [4.78, 5) is 31.2. The van der Waals surface area contributed by atoms with E-state index in [0.717, 1.165) is 11.2 Å². The quantitative estimate of drug-likeness (QED) is 0.286. The number of carbonyl (C=O) groups excluding carboxylic acids is 1. The van der Waals surface area contributed by atoms with E-state index < -0.39 is 5.60 Å². The molecule has 0 bridgehead atoms. The summed E-state index contributed by atoms with van der Waals surface area (Å²) < 4.78 is 7.65. The molecule has 1 amide bonds. The lowest BCUT2D eigenvalue weighted by Crippen LogP contribution is -2.56. The highest BCUT2D eigenvalue weighted by molar-refractivity contribution is 5.84. The summed E-state index contributed by atoms with van der Waals surface area (Å²) in [6.45, 7) is 11.7. The van der Waals surface area contributed by atoms with Crippen molar-refractivity contribution in [2.45, 2.75) is 65.3 Å². The number of nitrogens with one attached hydrogen (secondary N) is 1. The first kappa shape index (κ1) is 29.3. The molecular formula is C32H41N7O3. The van der Waals surface area contributed by atoms with Crippen LogP contribution in [0.2, 0.25) is 0 Å². The number of aliphatic hydroxyl groups excluding tert-OH is 1. The Balaban J connectivity index is 1.41. The van der Waals surface area contributed by atoms with Crippen molar-refractivity contribution in [2.24, 2.45) is 0 Å². The van der Waals surface area contributed by atoms with Crippen LogP contribution in [0.15, 0.2) is 60.9 Å². The van der Waals surface area contributed by atoms with E-state index in [9.17, 15) is 9.90 Å². The highest BCUT2D eigenvalue weighted by atomic mass is 16.6. The Morgan fingerprint density at radius 2 is 1.76 bits per heavy atom. The van der Waals surface area contributed by atoms with Crippen LogP contribution in [-0.4, -0.2) is 73.5 Å². The highest BCUT2D eigenvalue weighted by Crippen LogP contribution is 2.28. The van der Waals surface area contributed by atoms with Gasteiger partial charge in [-0.25, -0.2) is 9.78 Å². The SMILES string of the molecule is CC(C)n1cnc2c(NCc3ccc(-c4ccccc4)cc3)nc(N3CCN(C(=O)OC(C)(C)C)C[C@@H]3CCO)nc21. The largest absolute Gasteiger partial charge is 0.444 e. The first-order chi connectivity index (χ1) is 20.1. The van der Waals surface area contributed by atoms with Crippen molar-refractivity contribution in [3.05, 3.63) is 66.5 Å². The van der Waals surface area contributed by atoms with E-state index in [4.69, 9.17) is 14.7 Å². The molecule has 5 rings (SSSR count). The lowest BCUT2D eigenvalue weighted by Gasteiger charge is -2.41. The molecule has 4 aromatic rings. The van der Waals surface area contributed by atoms with Gasteiger partial charge in [0.15, 0.2) is 17.0 Å². The van der Waals surface area contributed by atoms with Crippen LogP contribution in [0.5, 0.6) is 0 Å². The third-order valence-corrected chi connectivity index (χ3v) is 7.34. The van der Waals surface area contributed by atoms with Crippen LogP contribution in [0.25, 0.3) is 22.3 Å². The number of piperazine rings is 1.